The third kappa shape index (κ3) is 3.63. The van der Waals surface area contributed by atoms with E-state index in [1.807, 2.05) is 4.72 Å². The largest absolute Gasteiger partial charge is 0.491 e. The molecule has 1 N–H and O–H groups in total. The summed E-state index contributed by atoms with van der Waals surface area (Å²) in [5, 5.41) is 0. The predicted octanol–water partition coefficient (Wildman–Crippen LogP) is 3.68. The number of aryl methyl sites for hydroxylation is 1. The normalized spacial score (nSPS) is 16.9. The van der Waals surface area contributed by atoms with Gasteiger partial charge in [0.15, 0.2) is 0 Å². The number of hydrogen-bond acceptors (Lipinski definition) is 1. The Kier molecular flexibility index (Phi) is 4.86. The Morgan fingerprint density at radius 3 is 1.95 bits per heavy atom. The molecule has 1 aromatic rings. The minimum atomic E-state index is -4.90. The summed E-state index contributed by atoms with van der Waals surface area (Å²) in [5.74, 6) is 0. The van der Waals surface area contributed by atoms with Crippen LogP contribution in [-0.2, 0) is 16.6 Å². The van der Waals surface area contributed by atoms with Gasteiger partial charge in [-0.1, -0.05) is 17.7 Å². The fourth-order valence-corrected chi connectivity index (χ4v) is 2.37. The molecule has 0 aliphatic carbocycles. The number of rotatable bonds is 3. The molecular formula is C14H17F3N2OS. The number of halogens is 3. The molecule has 0 saturated heterocycles. The zero-order valence-corrected chi connectivity index (χ0v) is 13.0. The van der Waals surface area contributed by atoms with Crippen LogP contribution in [0.2, 0.25) is 0 Å². The number of benzene rings is 1. The Bertz CT molecular complexity index is 570. The molecule has 0 aromatic heterocycles. The van der Waals surface area contributed by atoms with Crippen molar-refractivity contribution in [2.75, 3.05) is 0 Å². The Balaban J connectivity index is 3.41. The van der Waals surface area contributed by atoms with E-state index in [0.717, 1.165) is 5.56 Å². The highest BCUT2D eigenvalue weighted by atomic mass is 32.2. The molecule has 0 saturated carbocycles. The van der Waals surface area contributed by atoms with E-state index in [0.29, 0.717) is 0 Å². The molecule has 7 heteroatoms. The average Bonchev–Trinajstić information content (AvgIpc) is 2.34. The lowest BCUT2D eigenvalue weighted by Crippen LogP contribution is -2.54. The molecule has 0 bridgehead atoms. The molecule has 0 aliphatic heterocycles. The molecule has 116 valence electrons. The molecule has 0 spiro atoms. The van der Waals surface area contributed by atoms with Crippen LogP contribution < -0.4 is 4.72 Å². The molecule has 21 heavy (non-hydrogen) atoms. The van der Waals surface area contributed by atoms with Crippen molar-refractivity contribution in [2.45, 2.75) is 44.3 Å². The van der Waals surface area contributed by atoms with Gasteiger partial charge >= 0.3 is 11.8 Å². The van der Waals surface area contributed by atoms with Crippen LogP contribution in [0.5, 0.6) is 0 Å². The van der Waals surface area contributed by atoms with Crippen molar-refractivity contribution in [1.29, 1.82) is 0 Å². The highest BCUT2D eigenvalue weighted by Crippen LogP contribution is 2.41. The van der Waals surface area contributed by atoms with Crippen LogP contribution in [0.3, 0.4) is 0 Å². The Hall–Kier alpha value is -1.39. The third-order valence-corrected chi connectivity index (χ3v) is 4.44. The molecule has 0 amide bonds. The summed E-state index contributed by atoms with van der Waals surface area (Å²) in [7, 11) is -2.04. The summed E-state index contributed by atoms with van der Waals surface area (Å²) >= 11 is 0. The van der Waals surface area contributed by atoms with Crippen molar-refractivity contribution >= 4 is 11.0 Å². The molecule has 0 unspecified atom stereocenters. The van der Waals surface area contributed by atoms with Crippen LogP contribution in [-0.4, -0.2) is 15.1 Å². The van der Waals surface area contributed by atoms with Crippen LogP contribution in [0, 0.1) is 13.5 Å². The average molecular weight is 318 g/mol. The molecule has 3 nitrogen and oxygen atoms in total. The molecule has 0 aliphatic rings. The minimum absolute atomic E-state index is 0.270. The second-order valence-corrected chi connectivity index (χ2v) is 7.64. The molecule has 0 radical (unpaired) electrons. The van der Waals surface area contributed by atoms with E-state index in [2.05, 4.69) is 4.85 Å². The van der Waals surface area contributed by atoms with Gasteiger partial charge in [0.1, 0.15) is 11.0 Å². The summed E-state index contributed by atoms with van der Waals surface area (Å²) in [6.07, 6.45) is -4.90. The number of alkyl halides is 3. The van der Waals surface area contributed by atoms with Crippen molar-refractivity contribution in [3.8, 4) is 0 Å². The van der Waals surface area contributed by atoms with E-state index in [4.69, 9.17) is 6.57 Å². The van der Waals surface area contributed by atoms with Gasteiger partial charge in [-0.15, -0.1) is 4.72 Å². The van der Waals surface area contributed by atoms with Gasteiger partial charge in [-0.05, 0) is 39.8 Å². The van der Waals surface area contributed by atoms with E-state index in [-0.39, 0.29) is 5.56 Å². The van der Waals surface area contributed by atoms with Crippen LogP contribution in [0.4, 0.5) is 13.2 Å². The van der Waals surface area contributed by atoms with Crippen LogP contribution in [0.25, 0.3) is 4.85 Å². The van der Waals surface area contributed by atoms with Crippen molar-refractivity contribution in [3.63, 3.8) is 0 Å². The minimum Gasteiger partial charge on any atom is -0.276 e. The van der Waals surface area contributed by atoms with Gasteiger partial charge in [-0.3, -0.25) is 4.85 Å². The summed E-state index contributed by atoms with van der Waals surface area (Å²) in [6.45, 7) is 13.4. The summed E-state index contributed by atoms with van der Waals surface area (Å²) in [4.78, 5) is 2.77. The number of nitrogens with one attached hydrogen (secondary N) is 1. The van der Waals surface area contributed by atoms with Gasteiger partial charge in [-0.2, -0.15) is 13.2 Å². The van der Waals surface area contributed by atoms with Crippen molar-refractivity contribution < 1.29 is 17.4 Å². The third-order valence-electron chi connectivity index (χ3n) is 2.84. The van der Waals surface area contributed by atoms with Gasteiger partial charge in [-0.25, -0.2) is 10.8 Å². The maximum absolute atomic E-state index is 13.5. The quantitative estimate of drug-likeness (QED) is 0.848. The standard InChI is InChI=1S/C14H17F3N2OS/c1-10-6-8-11(9-7-10)13(18-5,14(15,16)17)19-21(20)12(2,3)4/h6-9,19H,1-4H3/t13-,21+/m0/s1. The first-order valence-corrected chi connectivity index (χ1v) is 7.31. The first-order valence-electron chi connectivity index (χ1n) is 6.16. The van der Waals surface area contributed by atoms with E-state index >= 15 is 0 Å². The SMILES string of the molecule is [C-]#[N+][C@](N[S@](=O)C(C)(C)C)(c1ccc(C)cc1)C(F)(F)F. The zero-order chi connectivity index (χ0) is 16.5. The zero-order valence-electron chi connectivity index (χ0n) is 12.2. The number of hydrogen-bond donors (Lipinski definition) is 1. The van der Waals surface area contributed by atoms with E-state index < -0.39 is 27.6 Å². The molecule has 1 aromatic carbocycles. The topological polar surface area (TPSA) is 33.5 Å². The second kappa shape index (κ2) is 5.78. The fraction of sp³-hybridized carbons (Fsp3) is 0.500. The first-order chi connectivity index (χ1) is 9.44. The summed E-state index contributed by atoms with van der Waals surface area (Å²) in [5.41, 5.74) is -2.51. The highest BCUT2D eigenvalue weighted by Gasteiger charge is 2.65. The molecule has 0 heterocycles. The fourth-order valence-electron chi connectivity index (χ4n) is 1.51. The maximum atomic E-state index is 13.5. The summed E-state index contributed by atoms with van der Waals surface area (Å²) < 4.78 is 53.6. The Morgan fingerprint density at radius 2 is 1.62 bits per heavy atom. The Morgan fingerprint density at radius 1 is 1.14 bits per heavy atom. The van der Waals surface area contributed by atoms with Gasteiger partial charge in [0.2, 0.25) is 0 Å². The van der Waals surface area contributed by atoms with Crippen LogP contribution >= 0.6 is 0 Å². The molecular weight excluding hydrogens is 301 g/mol. The van der Waals surface area contributed by atoms with Crippen LogP contribution in [0.1, 0.15) is 31.9 Å². The molecule has 0 fully saturated rings. The lowest BCUT2D eigenvalue weighted by molar-refractivity contribution is -0.180. The van der Waals surface area contributed by atoms with Gasteiger partial charge in [0, 0.05) is 0 Å². The van der Waals surface area contributed by atoms with E-state index in [1.165, 1.54) is 45.0 Å². The van der Waals surface area contributed by atoms with Crippen molar-refractivity contribution in [1.82, 2.24) is 4.72 Å². The molecule has 1 rings (SSSR count). The molecule has 2 atom stereocenters. The maximum Gasteiger partial charge on any atom is 0.491 e. The lowest BCUT2D eigenvalue weighted by atomic mass is 9.99. The lowest BCUT2D eigenvalue weighted by Gasteiger charge is -2.28. The highest BCUT2D eigenvalue weighted by molar-refractivity contribution is 7.84. The van der Waals surface area contributed by atoms with Crippen molar-refractivity contribution in [2.24, 2.45) is 0 Å². The number of nitrogens with zero attached hydrogens (tertiary/aromatic N) is 1. The van der Waals surface area contributed by atoms with Gasteiger partial charge < -0.3 is 0 Å². The predicted molar refractivity (Wildman–Crippen MR) is 76.5 cm³/mol. The monoisotopic (exact) mass is 318 g/mol. The second-order valence-electron chi connectivity index (χ2n) is 5.67. The smallest absolute Gasteiger partial charge is 0.276 e. The van der Waals surface area contributed by atoms with E-state index in [1.54, 1.807) is 6.92 Å². The van der Waals surface area contributed by atoms with Gasteiger partial charge in [0.05, 0.1) is 10.3 Å². The summed E-state index contributed by atoms with van der Waals surface area (Å²) in [6, 6.07) is 5.44. The first kappa shape index (κ1) is 17.7. The van der Waals surface area contributed by atoms with Crippen LogP contribution in [0.15, 0.2) is 24.3 Å². The van der Waals surface area contributed by atoms with Crippen molar-refractivity contribution in [3.05, 3.63) is 46.8 Å². The van der Waals surface area contributed by atoms with E-state index in [9.17, 15) is 17.4 Å². The Labute approximate surface area is 125 Å². The van der Waals surface area contributed by atoms with Gasteiger partial charge in [0.25, 0.3) is 0 Å².